The SMILES string of the molecule is CCCCCCC(O)(CN)CCC. The molecule has 0 bridgehead atoms. The van der Waals surface area contributed by atoms with Crippen LogP contribution in [-0.2, 0) is 0 Å². The first-order chi connectivity index (χ1) is 6.18. The monoisotopic (exact) mass is 187 g/mol. The van der Waals surface area contributed by atoms with Crippen molar-refractivity contribution in [1.29, 1.82) is 0 Å². The Morgan fingerprint density at radius 2 is 1.69 bits per heavy atom. The van der Waals surface area contributed by atoms with Crippen LogP contribution in [0.15, 0.2) is 0 Å². The fraction of sp³-hybridized carbons (Fsp3) is 1.00. The summed E-state index contributed by atoms with van der Waals surface area (Å²) in [5.74, 6) is 0. The van der Waals surface area contributed by atoms with Crippen molar-refractivity contribution >= 4 is 0 Å². The summed E-state index contributed by atoms with van der Waals surface area (Å²) in [6.07, 6.45) is 7.58. The summed E-state index contributed by atoms with van der Waals surface area (Å²) < 4.78 is 0. The van der Waals surface area contributed by atoms with Gasteiger partial charge in [0.15, 0.2) is 0 Å². The Hall–Kier alpha value is -0.0800. The molecule has 0 aliphatic carbocycles. The lowest BCUT2D eigenvalue weighted by atomic mass is 9.91. The topological polar surface area (TPSA) is 46.2 Å². The molecule has 0 spiro atoms. The van der Waals surface area contributed by atoms with E-state index in [0.29, 0.717) is 6.54 Å². The largest absolute Gasteiger partial charge is 0.389 e. The molecule has 0 aliphatic rings. The van der Waals surface area contributed by atoms with Gasteiger partial charge in [-0.25, -0.2) is 0 Å². The zero-order valence-electron chi connectivity index (χ0n) is 9.18. The molecule has 0 aliphatic heterocycles. The molecule has 0 amide bonds. The van der Waals surface area contributed by atoms with Crippen LogP contribution in [0.5, 0.6) is 0 Å². The third-order valence-corrected chi connectivity index (χ3v) is 2.59. The summed E-state index contributed by atoms with van der Waals surface area (Å²) in [4.78, 5) is 0. The second kappa shape index (κ2) is 7.34. The molecule has 0 saturated heterocycles. The third-order valence-electron chi connectivity index (χ3n) is 2.59. The van der Waals surface area contributed by atoms with Crippen LogP contribution in [0.2, 0.25) is 0 Å². The minimum atomic E-state index is -0.581. The van der Waals surface area contributed by atoms with Gasteiger partial charge >= 0.3 is 0 Å². The standard InChI is InChI=1S/C11H25NO/c1-3-5-6-7-9-11(13,10-12)8-4-2/h13H,3-10,12H2,1-2H3. The van der Waals surface area contributed by atoms with Gasteiger partial charge in [0.05, 0.1) is 5.60 Å². The van der Waals surface area contributed by atoms with Crippen molar-refractivity contribution in [3.63, 3.8) is 0 Å². The van der Waals surface area contributed by atoms with Crippen LogP contribution >= 0.6 is 0 Å². The summed E-state index contributed by atoms with van der Waals surface area (Å²) in [6, 6.07) is 0. The van der Waals surface area contributed by atoms with Crippen molar-refractivity contribution in [1.82, 2.24) is 0 Å². The van der Waals surface area contributed by atoms with Crippen molar-refractivity contribution in [2.75, 3.05) is 6.54 Å². The highest BCUT2D eigenvalue weighted by atomic mass is 16.3. The van der Waals surface area contributed by atoms with Crippen LogP contribution in [0.3, 0.4) is 0 Å². The molecular weight excluding hydrogens is 162 g/mol. The highest BCUT2D eigenvalue weighted by Gasteiger charge is 2.22. The summed E-state index contributed by atoms with van der Waals surface area (Å²) in [5, 5.41) is 9.99. The molecule has 13 heavy (non-hydrogen) atoms. The van der Waals surface area contributed by atoms with Crippen LogP contribution in [-0.4, -0.2) is 17.3 Å². The Morgan fingerprint density at radius 3 is 2.15 bits per heavy atom. The molecule has 0 aromatic carbocycles. The van der Waals surface area contributed by atoms with Gasteiger partial charge in [0.25, 0.3) is 0 Å². The molecule has 0 aromatic heterocycles. The van der Waals surface area contributed by atoms with Crippen molar-refractivity contribution < 1.29 is 5.11 Å². The first kappa shape index (κ1) is 12.9. The number of hydrogen-bond acceptors (Lipinski definition) is 2. The van der Waals surface area contributed by atoms with E-state index < -0.39 is 5.60 Å². The normalized spacial score (nSPS) is 15.7. The molecular formula is C11H25NO. The fourth-order valence-electron chi connectivity index (χ4n) is 1.68. The molecule has 0 saturated carbocycles. The smallest absolute Gasteiger partial charge is 0.0769 e. The summed E-state index contributed by atoms with van der Waals surface area (Å²) in [5.41, 5.74) is 4.98. The zero-order valence-corrected chi connectivity index (χ0v) is 9.18. The van der Waals surface area contributed by atoms with E-state index in [-0.39, 0.29) is 0 Å². The number of rotatable bonds is 8. The highest BCUT2D eigenvalue weighted by molar-refractivity contribution is 4.78. The summed E-state index contributed by atoms with van der Waals surface area (Å²) in [6.45, 7) is 4.70. The molecule has 3 N–H and O–H groups in total. The molecule has 1 atom stereocenters. The first-order valence-corrected chi connectivity index (χ1v) is 5.61. The van der Waals surface area contributed by atoms with Crippen molar-refractivity contribution in [3.8, 4) is 0 Å². The Bertz CT molecular complexity index is 117. The van der Waals surface area contributed by atoms with E-state index in [2.05, 4.69) is 13.8 Å². The predicted octanol–water partition coefficient (Wildman–Crippen LogP) is 2.45. The van der Waals surface area contributed by atoms with Crippen molar-refractivity contribution in [2.24, 2.45) is 5.73 Å². The number of hydrogen-bond donors (Lipinski definition) is 2. The molecule has 2 nitrogen and oxygen atoms in total. The van der Waals surface area contributed by atoms with E-state index in [4.69, 9.17) is 5.73 Å². The Balaban J connectivity index is 3.57. The quantitative estimate of drug-likeness (QED) is 0.573. The van der Waals surface area contributed by atoms with Gasteiger partial charge in [-0.05, 0) is 12.8 Å². The van der Waals surface area contributed by atoms with E-state index in [1.165, 1.54) is 19.3 Å². The lowest BCUT2D eigenvalue weighted by Gasteiger charge is -2.25. The second-order valence-corrected chi connectivity index (χ2v) is 3.99. The average molecular weight is 187 g/mol. The first-order valence-electron chi connectivity index (χ1n) is 5.61. The zero-order chi connectivity index (χ0) is 10.2. The maximum atomic E-state index is 9.99. The maximum Gasteiger partial charge on any atom is 0.0769 e. The van der Waals surface area contributed by atoms with Crippen LogP contribution < -0.4 is 5.73 Å². The Labute approximate surface area is 82.5 Å². The highest BCUT2D eigenvalue weighted by Crippen LogP contribution is 2.19. The fourth-order valence-corrected chi connectivity index (χ4v) is 1.68. The minimum absolute atomic E-state index is 0.410. The Morgan fingerprint density at radius 1 is 1.00 bits per heavy atom. The molecule has 0 aromatic rings. The molecule has 0 heterocycles. The molecule has 0 radical (unpaired) electrons. The van der Waals surface area contributed by atoms with Gasteiger partial charge in [-0.1, -0.05) is 46.0 Å². The van der Waals surface area contributed by atoms with E-state index in [1.54, 1.807) is 0 Å². The maximum absolute atomic E-state index is 9.99. The Kier molecular flexibility index (Phi) is 7.29. The van der Waals surface area contributed by atoms with Crippen LogP contribution in [0.1, 0.15) is 58.8 Å². The number of unbranched alkanes of at least 4 members (excludes halogenated alkanes) is 3. The summed E-state index contributed by atoms with van der Waals surface area (Å²) in [7, 11) is 0. The lowest BCUT2D eigenvalue weighted by molar-refractivity contribution is 0.0283. The van der Waals surface area contributed by atoms with Crippen molar-refractivity contribution in [3.05, 3.63) is 0 Å². The minimum Gasteiger partial charge on any atom is -0.389 e. The van der Waals surface area contributed by atoms with Crippen LogP contribution in [0, 0.1) is 0 Å². The number of nitrogens with two attached hydrogens (primary N) is 1. The average Bonchev–Trinajstić information content (AvgIpc) is 2.13. The lowest BCUT2D eigenvalue weighted by Crippen LogP contribution is -2.37. The predicted molar refractivity (Wildman–Crippen MR) is 57.7 cm³/mol. The van der Waals surface area contributed by atoms with Crippen LogP contribution in [0.25, 0.3) is 0 Å². The van der Waals surface area contributed by atoms with Gasteiger partial charge in [0.2, 0.25) is 0 Å². The third kappa shape index (κ3) is 6.05. The second-order valence-electron chi connectivity index (χ2n) is 3.99. The molecule has 80 valence electrons. The molecule has 1 unspecified atom stereocenters. The van der Waals surface area contributed by atoms with E-state index in [0.717, 1.165) is 25.7 Å². The van der Waals surface area contributed by atoms with Crippen LogP contribution in [0.4, 0.5) is 0 Å². The van der Waals surface area contributed by atoms with Gasteiger partial charge in [0.1, 0.15) is 0 Å². The van der Waals surface area contributed by atoms with Gasteiger partial charge in [-0.3, -0.25) is 0 Å². The van der Waals surface area contributed by atoms with Gasteiger partial charge < -0.3 is 10.8 Å². The van der Waals surface area contributed by atoms with Crippen molar-refractivity contribution in [2.45, 2.75) is 64.4 Å². The van der Waals surface area contributed by atoms with E-state index in [9.17, 15) is 5.11 Å². The summed E-state index contributed by atoms with van der Waals surface area (Å²) >= 11 is 0. The van der Waals surface area contributed by atoms with E-state index in [1.807, 2.05) is 0 Å². The van der Waals surface area contributed by atoms with Gasteiger partial charge in [0, 0.05) is 6.54 Å². The van der Waals surface area contributed by atoms with Gasteiger partial charge in [-0.15, -0.1) is 0 Å². The van der Waals surface area contributed by atoms with Gasteiger partial charge in [-0.2, -0.15) is 0 Å². The molecule has 0 rings (SSSR count). The molecule has 0 fully saturated rings. The van der Waals surface area contributed by atoms with E-state index >= 15 is 0 Å². The number of aliphatic hydroxyl groups is 1. The molecule has 2 heteroatoms.